The van der Waals surface area contributed by atoms with Crippen LogP contribution in [0.25, 0.3) is 11.3 Å². The van der Waals surface area contributed by atoms with Crippen LogP contribution in [0, 0.1) is 0 Å². The largest absolute Gasteiger partial charge is 0.439 e. The molecule has 0 aliphatic rings. The highest BCUT2D eigenvalue weighted by Gasteiger charge is 2.13. The highest BCUT2D eigenvalue weighted by Crippen LogP contribution is 2.23. The summed E-state index contributed by atoms with van der Waals surface area (Å²) in [6, 6.07) is 10.1. The van der Waals surface area contributed by atoms with E-state index in [1.165, 1.54) is 5.01 Å². The summed E-state index contributed by atoms with van der Waals surface area (Å²) >= 11 is 1.71. The minimum atomic E-state index is 0.0456. The van der Waals surface area contributed by atoms with E-state index in [0.29, 0.717) is 5.89 Å². The number of hydrogen-bond donors (Lipinski definition) is 1. The number of nitrogens with zero attached hydrogens (tertiary/aromatic N) is 2. The standard InChI is InChI=1S/C17H19N3OS/c1-3-16-20-14(11-22-16)9-18-12(2)17-19-10-15(21-17)13-7-5-4-6-8-13/h4-8,10-12,18H,3,9H2,1-2H3/t12-/m1/s1. The normalized spacial score (nSPS) is 12.5. The predicted octanol–water partition coefficient (Wildman–Crippen LogP) is 4.21. The Hall–Kier alpha value is -1.98. The molecule has 0 saturated carbocycles. The summed E-state index contributed by atoms with van der Waals surface area (Å²) < 4.78 is 5.85. The van der Waals surface area contributed by atoms with Crippen molar-refractivity contribution in [2.75, 3.05) is 0 Å². The summed E-state index contributed by atoms with van der Waals surface area (Å²) in [6.07, 6.45) is 2.77. The minimum Gasteiger partial charge on any atom is -0.439 e. The molecule has 0 saturated heterocycles. The van der Waals surface area contributed by atoms with Crippen LogP contribution in [0.1, 0.15) is 36.5 Å². The van der Waals surface area contributed by atoms with Crippen LogP contribution in [-0.2, 0) is 13.0 Å². The van der Waals surface area contributed by atoms with Gasteiger partial charge in [0.2, 0.25) is 5.89 Å². The molecule has 2 aromatic heterocycles. The van der Waals surface area contributed by atoms with E-state index in [-0.39, 0.29) is 6.04 Å². The van der Waals surface area contributed by atoms with Gasteiger partial charge in [0, 0.05) is 17.5 Å². The third kappa shape index (κ3) is 3.43. The second-order valence-corrected chi connectivity index (χ2v) is 6.06. The van der Waals surface area contributed by atoms with Crippen LogP contribution in [0.3, 0.4) is 0 Å². The summed E-state index contributed by atoms with van der Waals surface area (Å²) in [5, 5.41) is 6.68. The van der Waals surface area contributed by atoms with Crippen molar-refractivity contribution in [3.05, 3.63) is 58.5 Å². The van der Waals surface area contributed by atoms with Gasteiger partial charge in [-0.25, -0.2) is 9.97 Å². The zero-order valence-electron chi connectivity index (χ0n) is 12.7. The SMILES string of the molecule is CCc1nc(CN[C@H](C)c2ncc(-c3ccccc3)o2)cs1. The first-order valence-electron chi connectivity index (χ1n) is 7.44. The van der Waals surface area contributed by atoms with Gasteiger partial charge in [0.15, 0.2) is 5.76 Å². The molecule has 0 aliphatic carbocycles. The number of benzene rings is 1. The Balaban J connectivity index is 1.63. The fraction of sp³-hybridized carbons (Fsp3) is 0.294. The van der Waals surface area contributed by atoms with Crippen molar-refractivity contribution in [3.8, 4) is 11.3 Å². The minimum absolute atomic E-state index is 0.0456. The summed E-state index contributed by atoms with van der Waals surface area (Å²) in [4.78, 5) is 8.93. The van der Waals surface area contributed by atoms with Crippen molar-refractivity contribution < 1.29 is 4.42 Å². The molecular weight excluding hydrogens is 294 g/mol. The van der Waals surface area contributed by atoms with Gasteiger partial charge in [0.05, 0.1) is 22.9 Å². The fourth-order valence-corrected chi connectivity index (χ4v) is 2.91. The molecule has 0 bridgehead atoms. The van der Waals surface area contributed by atoms with E-state index in [1.54, 1.807) is 17.5 Å². The van der Waals surface area contributed by atoms with Crippen LogP contribution in [0.4, 0.5) is 0 Å². The Morgan fingerprint density at radius 3 is 2.82 bits per heavy atom. The fourth-order valence-electron chi connectivity index (χ4n) is 2.16. The summed E-state index contributed by atoms with van der Waals surface area (Å²) in [7, 11) is 0. The smallest absolute Gasteiger partial charge is 0.211 e. The van der Waals surface area contributed by atoms with Gasteiger partial charge in [0.1, 0.15) is 0 Å². The first-order valence-corrected chi connectivity index (χ1v) is 8.32. The molecule has 0 amide bonds. The average molecular weight is 313 g/mol. The molecule has 3 aromatic rings. The van der Waals surface area contributed by atoms with Crippen LogP contribution in [-0.4, -0.2) is 9.97 Å². The molecule has 1 atom stereocenters. The van der Waals surface area contributed by atoms with Gasteiger partial charge >= 0.3 is 0 Å². The quantitative estimate of drug-likeness (QED) is 0.740. The Morgan fingerprint density at radius 2 is 2.09 bits per heavy atom. The number of aromatic nitrogens is 2. The van der Waals surface area contributed by atoms with Gasteiger partial charge in [-0.05, 0) is 13.3 Å². The molecule has 1 N–H and O–H groups in total. The van der Waals surface area contributed by atoms with Gasteiger partial charge < -0.3 is 9.73 Å². The van der Waals surface area contributed by atoms with Gasteiger partial charge in [0.25, 0.3) is 0 Å². The molecule has 114 valence electrons. The van der Waals surface area contributed by atoms with Crippen molar-refractivity contribution in [3.63, 3.8) is 0 Å². The lowest BCUT2D eigenvalue weighted by Gasteiger charge is -2.08. The van der Waals surface area contributed by atoms with Crippen LogP contribution < -0.4 is 5.32 Å². The third-order valence-electron chi connectivity index (χ3n) is 3.44. The topological polar surface area (TPSA) is 51.0 Å². The molecule has 0 unspecified atom stereocenters. The van der Waals surface area contributed by atoms with E-state index in [4.69, 9.17) is 4.42 Å². The highest BCUT2D eigenvalue weighted by atomic mass is 32.1. The lowest BCUT2D eigenvalue weighted by atomic mass is 10.2. The van der Waals surface area contributed by atoms with E-state index in [0.717, 1.165) is 30.0 Å². The zero-order valence-corrected chi connectivity index (χ0v) is 13.6. The summed E-state index contributed by atoms with van der Waals surface area (Å²) in [5.41, 5.74) is 2.11. The molecular formula is C17H19N3OS. The first kappa shape index (κ1) is 14.9. The molecule has 0 radical (unpaired) electrons. The molecule has 1 aromatic carbocycles. The number of nitrogens with one attached hydrogen (secondary N) is 1. The molecule has 4 nitrogen and oxygen atoms in total. The number of hydrogen-bond acceptors (Lipinski definition) is 5. The number of aryl methyl sites for hydroxylation is 1. The number of thiazole rings is 1. The second-order valence-electron chi connectivity index (χ2n) is 5.12. The highest BCUT2D eigenvalue weighted by molar-refractivity contribution is 7.09. The maximum absolute atomic E-state index is 5.85. The summed E-state index contributed by atoms with van der Waals surface area (Å²) in [5.74, 6) is 1.50. The van der Waals surface area contributed by atoms with Crippen molar-refractivity contribution in [2.24, 2.45) is 0 Å². The van der Waals surface area contributed by atoms with Crippen LogP contribution in [0.15, 0.2) is 46.3 Å². The van der Waals surface area contributed by atoms with E-state index < -0.39 is 0 Å². The lowest BCUT2D eigenvalue weighted by Crippen LogP contribution is -2.18. The number of rotatable bonds is 6. The average Bonchev–Trinajstić information content (AvgIpc) is 3.22. The Morgan fingerprint density at radius 1 is 1.27 bits per heavy atom. The van der Waals surface area contributed by atoms with Crippen molar-refractivity contribution in [1.82, 2.24) is 15.3 Å². The Labute approximate surface area is 134 Å². The lowest BCUT2D eigenvalue weighted by molar-refractivity contribution is 0.420. The van der Waals surface area contributed by atoms with Crippen molar-refractivity contribution in [1.29, 1.82) is 0 Å². The second kappa shape index (κ2) is 6.85. The molecule has 0 fully saturated rings. The Bertz CT molecular complexity index is 720. The molecule has 0 aliphatic heterocycles. The molecule has 3 rings (SSSR count). The van der Waals surface area contributed by atoms with Crippen LogP contribution in [0.5, 0.6) is 0 Å². The van der Waals surface area contributed by atoms with E-state index in [2.05, 4.69) is 27.6 Å². The van der Waals surface area contributed by atoms with Gasteiger partial charge in [-0.2, -0.15) is 0 Å². The third-order valence-corrected chi connectivity index (χ3v) is 4.49. The van der Waals surface area contributed by atoms with Crippen molar-refractivity contribution in [2.45, 2.75) is 32.9 Å². The first-order chi connectivity index (χ1) is 10.8. The van der Waals surface area contributed by atoms with E-state index in [9.17, 15) is 0 Å². The molecule has 5 heteroatoms. The number of oxazole rings is 1. The van der Waals surface area contributed by atoms with Gasteiger partial charge in [-0.15, -0.1) is 11.3 Å². The van der Waals surface area contributed by atoms with Crippen LogP contribution >= 0.6 is 11.3 Å². The maximum Gasteiger partial charge on any atom is 0.211 e. The Kier molecular flexibility index (Phi) is 4.65. The molecule has 2 heterocycles. The maximum atomic E-state index is 5.85. The van der Waals surface area contributed by atoms with Gasteiger partial charge in [-0.3, -0.25) is 0 Å². The summed E-state index contributed by atoms with van der Waals surface area (Å²) in [6.45, 7) is 4.89. The van der Waals surface area contributed by atoms with E-state index in [1.807, 2.05) is 37.3 Å². The molecule has 22 heavy (non-hydrogen) atoms. The van der Waals surface area contributed by atoms with Gasteiger partial charge in [-0.1, -0.05) is 37.3 Å². The van der Waals surface area contributed by atoms with E-state index >= 15 is 0 Å². The van der Waals surface area contributed by atoms with Crippen molar-refractivity contribution >= 4 is 11.3 Å². The zero-order chi connectivity index (χ0) is 15.4. The van der Waals surface area contributed by atoms with Crippen LogP contribution in [0.2, 0.25) is 0 Å². The monoisotopic (exact) mass is 313 g/mol. The molecule has 0 spiro atoms. The predicted molar refractivity (Wildman–Crippen MR) is 88.7 cm³/mol.